The molecule has 0 unspecified atom stereocenters. The molecule has 2 N–H and O–H groups in total. The fourth-order valence-corrected chi connectivity index (χ4v) is 5.53. The van der Waals surface area contributed by atoms with E-state index in [1.54, 1.807) is 42.5 Å². The summed E-state index contributed by atoms with van der Waals surface area (Å²) in [4.78, 5) is 41.3. The normalized spacial score (nSPS) is 15.1. The van der Waals surface area contributed by atoms with Crippen LogP contribution in [0.4, 0.5) is 17.1 Å². The zero-order valence-corrected chi connectivity index (χ0v) is 22.5. The standard InChI is InChI=1S/C28H19ClN4O4S2/c29-20-7-10-21(11-8-20)31-28-32-27(35)25(39-28)14-17-5-12-24(23(13-17)33(36)37)38-16-26(34)30-22-9-6-18-3-1-2-4-19(18)15-22/h1-15H,16H2,(H,30,34)(H,31,32,35)/b25-14-. The summed E-state index contributed by atoms with van der Waals surface area (Å²) < 4.78 is 0. The van der Waals surface area contributed by atoms with Gasteiger partial charge in [-0.2, -0.15) is 0 Å². The average molecular weight is 575 g/mol. The Morgan fingerprint density at radius 1 is 1.05 bits per heavy atom. The maximum absolute atomic E-state index is 12.5. The average Bonchev–Trinajstić information content (AvgIpc) is 3.27. The number of amidine groups is 1. The van der Waals surface area contributed by atoms with E-state index < -0.39 is 4.92 Å². The molecule has 0 radical (unpaired) electrons. The molecule has 194 valence electrons. The number of rotatable bonds is 7. The highest BCUT2D eigenvalue weighted by Crippen LogP contribution is 2.33. The van der Waals surface area contributed by atoms with Crippen LogP contribution in [0.3, 0.4) is 0 Å². The van der Waals surface area contributed by atoms with Crippen molar-refractivity contribution in [2.24, 2.45) is 4.99 Å². The minimum atomic E-state index is -0.499. The number of carbonyl (C=O) groups is 2. The highest BCUT2D eigenvalue weighted by molar-refractivity contribution is 8.18. The van der Waals surface area contributed by atoms with E-state index in [4.69, 9.17) is 11.6 Å². The van der Waals surface area contributed by atoms with E-state index in [0.717, 1.165) is 34.3 Å². The molecule has 4 aromatic rings. The van der Waals surface area contributed by atoms with Crippen molar-refractivity contribution in [2.45, 2.75) is 4.90 Å². The molecule has 11 heteroatoms. The number of amides is 2. The maximum Gasteiger partial charge on any atom is 0.283 e. The van der Waals surface area contributed by atoms with Gasteiger partial charge in [0.2, 0.25) is 5.91 Å². The molecule has 8 nitrogen and oxygen atoms in total. The quantitative estimate of drug-likeness (QED) is 0.106. The summed E-state index contributed by atoms with van der Waals surface area (Å²) in [6, 6.07) is 24.9. The lowest BCUT2D eigenvalue weighted by atomic mass is 10.1. The number of benzene rings is 4. The van der Waals surface area contributed by atoms with Crippen molar-refractivity contribution >= 4 is 86.0 Å². The van der Waals surface area contributed by atoms with Crippen molar-refractivity contribution in [2.75, 3.05) is 11.1 Å². The monoisotopic (exact) mass is 574 g/mol. The summed E-state index contributed by atoms with van der Waals surface area (Å²) >= 11 is 8.10. The van der Waals surface area contributed by atoms with Gasteiger partial charge in [0, 0.05) is 16.8 Å². The number of hydrogen-bond donors (Lipinski definition) is 2. The summed E-state index contributed by atoms with van der Waals surface area (Å²) in [5, 5.41) is 20.3. The number of aliphatic imine (C=N–C) groups is 1. The second-order valence-electron chi connectivity index (χ2n) is 8.34. The molecule has 1 aliphatic heterocycles. The number of nitrogens with one attached hydrogen (secondary N) is 2. The van der Waals surface area contributed by atoms with E-state index >= 15 is 0 Å². The number of nitro benzene ring substituents is 1. The number of anilines is 1. The summed E-state index contributed by atoms with van der Waals surface area (Å²) in [5.74, 6) is -0.627. The van der Waals surface area contributed by atoms with Crippen LogP contribution in [0.25, 0.3) is 16.8 Å². The van der Waals surface area contributed by atoms with Gasteiger partial charge in [-0.05, 0) is 76.6 Å². The molecule has 1 heterocycles. The van der Waals surface area contributed by atoms with Gasteiger partial charge in [-0.1, -0.05) is 48.0 Å². The number of thioether (sulfide) groups is 2. The topological polar surface area (TPSA) is 114 Å². The fraction of sp³-hybridized carbons (Fsp3) is 0.0357. The number of fused-ring (bicyclic) bond motifs is 1. The number of carbonyl (C=O) groups excluding carboxylic acids is 2. The lowest BCUT2D eigenvalue weighted by molar-refractivity contribution is -0.387. The van der Waals surface area contributed by atoms with Crippen LogP contribution in [0.15, 0.2) is 99.7 Å². The molecule has 5 rings (SSSR count). The Morgan fingerprint density at radius 2 is 1.82 bits per heavy atom. The van der Waals surface area contributed by atoms with E-state index in [0.29, 0.717) is 36.9 Å². The molecular formula is C28H19ClN4O4S2. The Kier molecular flexibility index (Phi) is 7.97. The van der Waals surface area contributed by atoms with Gasteiger partial charge in [0.1, 0.15) is 0 Å². The third kappa shape index (κ3) is 6.66. The predicted molar refractivity (Wildman–Crippen MR) is 159 cm³/mol. The summed E-state index contributed by atoms with van der Waals surface area (Å²) in [6.45, 7) is 0. The lowest BCUT2D eigenvalue weighted by Gasteiger charge is -2.07. The molecule has 0 aliphatic carbocycles. The van der Waals surface area contributed by atoms with Crippen molar-refractivity contribution in [1.82, 2.24) is 5.32 Å². The van der Waals surface area contributed by atoms with Gasteiger partial charge in [-0.25, -0.2) is 4.99 Å². The maximum atomic E-state index is 12.5. The van der Waals surface area contributed by atoms with Crippen molar-refractivity contribution in [3.05, 3.63) is 111 Å². The molecule has 1 saturated heterocycles. The third-order valence-electron chi connectivity index (χ3n) is 5.58. The Balaban J connectivity index is 1.26. The zero-order valence-electron chi connectivity index (χ0n) is 20.1. The van der Waals surface area contributed by atoms with E-state index in [1.807, 2.05) is 42.5 Å². The second kappa shape index (κ2) is 11.7. The minimum absolute atomic E-state index is 0.00309. The summed E-state index contributed by atoms with van der Waals surface area (Å²) in [5.41, 5.74) is 1.62. The summed E-state index contributed by atoms with van der Waals surface area (Å²) in [7, 11) is 0. The van der Waals surface area contributed by atoms with E-state index in [1.165, 1.54) is 6.07 Å². The van der Waals surface area contributed by atoms with E-state index in [2.05, 4.69) is 15.6 Å². The van der Waals surface area contributed by atoms with Crippen molar-refractivity contribution in [1.29, 1.82) is 0 Å². The Morgan fingerprint density at radius 3 is 2.59 bits per heavy atom. The van der Waals surface area contributed by atoms with Crippen LogP contribution in [-0.4, -0.2) is 27.7 Å². The molecule has 39 heavy (non-hydrogen) atoms. The van der Waals surface area contributed by atoms with Crippen LogP contribution in [0.5, 0.6) is 0 Å². The molecule has 2 amide bonds. The van der Waals surface area contributed by atoms with Gasteiger partial charge in [0.05, 0.1) is 26.2 Å². The number of halogens is 1. The number of hydrogen-bond acceptors (Lipinski definition) is 7. The third-order valence-corrected chi connectivity index (χ3v) is 7.80. The van der Waals surface area contributed by atoms with Gasteiger partial charge < -0.3 is 10.6 Å². The van der Waals surface area contributed by atoms with Gasteiger partial charge in [0.25, 0.3) is 11.6 Å². The molecular weight excluding hydrogens is 556 g/mol. The van der Waals surface area contributed by atoms with Crippen molar-refractivity contribution in [3.8, 4) is 0 Å². The van der Waals surface area contributed by atoms with Crippen LogP contribution in [0, 0.1) is 10.1 Å². The van der Waals surface area contributed by atoms with E-state index in [9.17, 15) is 19.7 Å². The number of nitrogens with zero attached hydrogens (tertiary/aromatic N) is 2. The Labute approximate surface area is 236 Å². The van der Waals surface area contributed by atoms with Gasteiger partial charge in [0.15, 0.2) is 5.17 Å². The summed E-state index contributed by atoms with van der Waals surface area (Å²) in [6.07, 6.45) is 1.57. The minimum Gasteiger partial charge on any atom is -0.325 e. The van der Waals surface area contributed by atoms with Crippen LogP contribution in [-0.2, 0) is 9.59 Å². The molecule has 4 aromatic carbocycles. The first-order valence-corrected chi connectivity index (χ1v) is 13.8. The first kappa shape index (κ1) is 26.5. The second-order valence-corrected chi connectivity index (χ2v) is 10.8. The molecule has 0 atom stereocenters. The molecule has 1 aliphatic rings. The lowest BCUT2D eigenvalue weighted by Crippen LogP contribution is -2.19. The van der Waals surface area contributed by atoms with Crippen molar-refractivity contribution in [3.63, 3.8) is 0 Å². The van der Waals surface area contributed by atoms with Gasteiger partial charge >= 0.3 is 0 Å². The van der Waals surface area contributed by atoms with Crippen molar-refractivity contribution < 1.29 is 14.5 Å². The Hall–Kier alpha value is -4.12. The fourth-order valence-electron chi connectivity index (χ4n) is 3.76. The predicted octanol–water partition coefficient (Wildman–Crippen LogP) is 7.02. The van der Waals surface area contributed by atoms with E-state index in [-0.39, 0.29) is 23.3 Å². The SMILES string of the molecule is O=C(CSc1ccc(/C=C2\SC(=Nc3ccc(Cl)cc3)NC2=O)cc1[N+](=O)[O-])Nc1ccc2ccccc2c1. The molecule has 0 bridgehead atoms. The van der Waals surface area contributed by atoms with Crippen LogP contribution in [0.1, 0.15) is 5.56 Å². The molecule has 0 aromatic heterocycles. The molecule has 1 fully saturated rings. The van der Waals surface area contributed by atoms with Crippen LogP contribution < -0.4 is 10.6 Å². The number of nitro groups is 1. The van der Waals surface area contributed by atoms with Gasteiger partial charge in [-0.3, -0.25) is 19.7 Å². The van der Waals surface area contributed by atoms with Crippen LogP contribution >= 0.6 is 35.1 Å². The molecule has 0 spiro atoms. The largest absolute Gasteiger partial charge is 0.325 e. The highest BCUT2D eigenvalue weighted by atomic mass is 35.5. The first-order chi connectivity index (χ1) is 18.8. The smallest absolute Gasteiger partial charge is 0.283 e. The van der Waals surface area contributed by atoms with Gasteiger partial charge in [-0.15, -0.1) is 11.8 Å². The first-order valence-electron chi connectivity index (χ1n) is 11.6. The highest BCUT2D eigenvalue weighted by Gasteiger charge is 2.24. The van der Waals surface area contributed by atoms with Crippen LogP contribution in [0.2, 0.25) is 5.02 Å². The molecule has 0 saturated carbocycles. The Bertz CT molecular complexity index is 1670. The zero-order chi connectivity index (χ0) is 27.4.